The zero-order valence-electron chi connectivity index (χ0n) is 21.8. The summed E-state index contributed by atoms with van der Waals surface area (Å²) >= 11 is 0. The van der Waals surface area contributed by atoms with Crippen LogP contribution in [0, 0.1) is 31.6 Å². The number of amides is 3. The van der Waals surface area contributed by atoms with E-state index in [1.807, 2.05) is 76.2 Å². The molecule has 3 aliphatic rings. The molecule has 5 rings (SSSR count). The van der Waals surface area contributed by atoms with Gasteiger partial charge in [0.25, 0.3) is 0 Å². The number of carbonyl (C=O) groups excluding carboxylic acids is 3. The Labute approximate surface area is 217 Å². The summed E-state index contributed by atoms with van der Waals surface area (Å²) in [6, 6.07) is 14.4. The number of aliphatic hydroxyl groups excluding tert-OH is 1. The molecular formula is C29H35N3O5. The first kappa shape index (κ1) is 25.4. The van der Waals surface area contributed by atoms with E-state index in [-0.39, 0.29) is 36.8 Å². The summed E-state index contributed by atoms with van der Waals surface area (Å²) in [5.41, 5.74) is 1.46. The minimum Gasteiger partial charge on any atom is -0.395 e. The van der Waals surface area contributed by atoms with Gasteiger partial charge in [0.2, 0.25) is 17.7 Å². The number of hydrogen-bond donors (Lipinski definition) is 3. The quantitative estimate of drug-likeness (QED) is 0.536. The number of aryl methyl sites for hydroxylation is 2. The molecular weight excluding hydrogens is 470 g/mol. The van der Waals surface area contributed by atoms with Crippen molar-refractivity contribution in [3.63, 3.8) is 0 Å². The van der Waals surface area contributed by atoms with Gasteiger partial charge in [-0.15, -0.1) is 0 Å². The van der Waals surface area contributed by atoms with Crippen LogP contribution in [0.3, 0.4) is 0 Å². The third kappa shape index (κ3) is 3.85. The molecule has 0 saturated carbocycles. The van der Waals surface area contributed by atoms with Crippen molar-refractivity contribution in [1.29, 1.82) is 0 Å². The molecule has 2 aromatic carbocycles. The maximum Gasteiger partial charge on any atom is 0.250 e. The molecule has 3 aliphatic heterocycles. The summed E-state index contributed by atoms with van der Waals surface area (Å²) in [6.07, 6.45) is 0.481. The van der Waals surface area contributed by atoms with Crippen molar-refractivity contribution in [1.82, 2.24) is 10.2 Å². The Morgan fingerprint density at radius 3 is 2.41 bits per heavy atom. The van der Waals surface area contributed by atoms with E-state index in [0.29, 0.717) is 18.7 Å². The summed E-state index contributed by atoms with van der Waals surface area (Å²) in [6.45, 7) is 7.79. The Morgan fingerprint density at radius 2 is 1.76 bits per heavy atom. The number of fused-ring (bicyclic) bond motifs is 1. The van der Waals surface area contributed by atoms with Crippen LogP contribution < -0.4 is 10.6 Å². The third-order valence-electron chi connectivity index (χ3n) is 8.73. The Balaban J connectivity index is 1.49. The average molecular weight is 506 g/mol. The molecule has 2 aromatic rings. The minimum absolute atomic E-state index is 0.00522. The predicted molar refractivity (Wildman–Crippen MR) is 138 cm³/mol. The molecule has 3 N–H and O–H groups in total. The number of aliphatic hydroxyl groups is 1. The predicted octanol–water partition coefficient (Wildman–Crippen LogP) is 2.56. The summed E-state index contributed by atoms with van der Waals surface area (Å²) in [7, 11) is 0. The molecule has 3 heterocycles. The van der Waals surface area contributed by atoms with Crippen LogP contribution in [0.5, 0.6) is 0 Å². The number of ether oxygens (including phenoxy) is 1. The normalized spacial score (nSPS) is 31.9. The molecule has 8 heteroatoms. The number of hydrogen-bond acceptors (Lipinski definition) is 5. The molecule has 6 atom stereocenters. The van der Waals surface area contributed by atoms with E-state index < -0.39 is 29.1 Å². The van der Waals surface area contributed by atoms with Crippen molar-refractivity contribution >= 4 is 23.4 Å². The molecule has 8 nitrogen and oxygen atoms in total. The maximum absolute atomic E-state index is 13.9. The SMILES string of the molecule is Cc1cccc(C)c1NC(=O)C1N(CCO)C(=O)[C@@H]2[C@@H](C(=O)NCc3ccccc3)[C@]3(C)OC12CC3C. The fourth-order valence-electron chi connectivity index (χ4n) is 6.89. The maximum atomic E-state index is 13.9. The lowest BCUT2D eigenvalue weighted by Crippen LogP contribution is -2.54. The van der Waals surface area contributed by atoms with Crippen molar-refractivity contribution < 1.29 is 24.2 Å². The Bertz CT molecular complexity index is 1210. The van der Waals surface area contributed by atoms with Gasteiger partial charge in [-0.3, -0.25) is 14.4 Å². The van der Waals surface area contributed by atoms with E-state index in [1.54, 1.807) is 0 Å². The van der Waals surface area contributed by atoms with Crippen molar-refractivity contribution in [3.8, 4) is 0 Å². The highest BCUT2D eigenvalue weighted by atomic mass is 16.5. The van der Waals surface area contributed by atoms with Crippen LogP contribution in [-0.2, 0) is 25.7 Å². The zero-order chi connectivity index (χ0) is 26.5. The van der Waals surface area contributed by atoms with Gasteiger partial charge in [-0.2, -0.15) is 0 Å². The Hall–Kier alpha value is -3.23. The lowest BCUT2D eigenvalue weighted by atomic mass is 9.62. The second-order valence-corrected chi connectivity index (χ2v) is 10.9. The van der Waals surface area contributed by atoms with Gasteiger partial charge >= 0.3 is 0 Å². The zero-order valence-corrected chi connectivity index (χ0v) is 21.8. The fourth-order valence-corrected chi connectivity index (χ4v) is 6.89. The topological polar surface area (TPSA) is 108 Å². The van der Waals surface area contributed by atoms with Crippen molar-refractivity contribution in [2.24, 2.45) is 17.8 Å². The summed E-state index contributed by atoms with van der Waals surface area (Å²) < 4.78 is 6.68. The molecule has 3 saturated heterocycles. The Kier molecular flexibility index (Phi) is 6.36. The first-order valence-corrected chi connectivity index (χ1v) is 12.9. The van der Waals surface area contributed by atoms with Gasteiger partial charge in [-0.25, -0.2) is 0 Å². The molecule has 0 radical (unpaired) electrons. The molecule has 2 bridgehead atoms. The van der Waals surface area contributed by atoms with E-state index in [4.69, 9.17) is 4.74 Å². The number of likely N-dealkylation sites (tertiary alicyclic amines) is 1. The third-order valence-corrected chi connectivity index (χ3v) is 8.73. The molecule has 0 aliphatic carbocycles. The van der Waals surface area contributed by atoms with E-state index in [9.17, 15) is 19.5 Å². The van der Waals surface area contributed by atoms with E-state index in [1.165, 1.54) is 4.90 Å². The van der Waals surface area contributed by atoms with Gasteiger partial charge in [-0.05, 0) is 49.8 Å². The van der Waals surface area contributed by atoms with Gasteiger partial charge in [0.1, 0.15) is 11.6 Å². The first-order chi connectivity index (χ1) is 17.6. The van der Waals surface area contributed by atoms with Crippen molar-refractivity contribution in [2.45, 2.75) is 57.9 Å². The molecule has 3 amide bonds. The Morgan fingerprint density at radius 1 is 1.08 bits per heavy atom. The van der Waals surface area contributed by atoms with E-state index >= 15 is 0 Å². The van der Waals surface area contributed by atoms with E-state index in [0.717, 1.165) is 16.7 Å². The average Bonchev–Trinajstić information content (AvgIpc) is 3.38. The largest absolute Gasteiger partial charge is 0.395 e. The number of β-amino-alcohol motifs (C(OH)–C–C–N with tert-alkyl or cyclic N) is 1. The lowest BCUT2D eigenvalue weighted by Gasteiger charge is -2.36. The highest BCUT2D eigenvalue weighted by Crippen LogP contribution is 2.65. The van der Waals surface area contributed by atoms with Crippen LogP contribution >= 0.6 is 0 Å². The van der Waals surface area contributed by atoms with Crippen LogP contribution in [0.2, 0.25) is 0 Å². The van der Waals surface area contributed by atoms with Crippen LogP contribution in [0.4, 0.5) is 5.69 Å². The van der Waals surface area contributed by atoms with Gasteiger partial charge in [0, 0.05) is 18.8 Å². The highest BCUT2D eigenvalue weighted by Gasteiger charge is 2.79. The van der Waals surface area contributed by atoms with Gasteiger partial charge in [0.05, 0.1) is 24.0 Å². The van der Waals surface area contributed by atoms with E-state index in [2.05, 4.69) is 10.6 Å². The standard InChI is InChI=1S/C29H35N3O5/c1-17-9-8-10-18(2)23(17)31-26(35)24-29-15-19(3)28(4,37-29)21(22(29)27(36)32(24)13-14-33)25(34)30-16-20-11-6-5-7-12-20/h5-12,19,21-22,24,33H,13-16H2,1-4H3,(H,30,34)(H,31,35)/t19?,21-,22-,24?,28+,29?/m0/s1. The monoisotopic (exact) mass is 505 g/mol. The van der Waals surface area contributed by atoms with Gasteiger partial charge in [-0.1, -0.05) is 55.5 Å². The molecule has 0 aromatic heterocycles. The van der Waals surface area contributed by atoms with Crippen LogP contribution in [0.1, 0.15) is 37.0 Å². The van der Waals surface area contributed by atoms with Gasteiger partial charge < -0.3 is 25.4 Å². The minimum atomic E-state index is -1.14. The van der Waals surface area contributed by atoms with Crippen LogP contribution in [0.15, 0.2) is 48.5 Å². The number of nitrogens with one attached hydrogen (secondary N) is 2. The second kappa shape index (κ2) is 9.26. The number of rotatable bonds is 7. The van der Waals surface area contributed by atoms with Crippen LogP contribution in [0.25, 0.3) is 0 Å². The number of benzene rings is 2. The number of nitrogens with zero attached hydrogens (tertiary/aromatic N) is 1. The summed E-state index contributed by atoms with van der Waals surface area (Å²) in [4.78, 5) is 42.9. The number of para-hydroxylation sites is 1. The summed E-state index contributed by atoms with van der Waals surface area (Å²) in [5.74, 6) is -2.52. The molecule has 3 fully saturated rings. The number of carbonyl (C=O) groups is 3. The van der Waals surface area contributed by atoms with Crippen molar-refractivity contribution in [3.05, 3.63) is 65.2 Å². The van der Waals surface area contributed by atoms with Crippen molar-refractivity contribution in [2.75, 3.05) is 18.5 Å². The second-order valence-electron chi connectivity index (χ2n) is 10.9. The molecule has 37 heavy (non-hydrogen) atoms. The van der Waals surface area contributed by atoms with Gasteiger partial charge in [0.15, 0.2) is 0 Å². The summed E-state index contributed by atoms with van der Waals surface area (Å²) in [5, 5.41) is 15.8. The smallest absolute Gasteiger partial charge is 0.250 e. The highest BCUT2D eigenvalue weighted by molar-refractivity contribution is 6.04. The molecule has 3 unspecified atom stereocenters. The number of anilines is 1. The fraction of sp³-hybridized carbons (Fsp3) is 0.483. The lowest BCUT2D eigenvalue weighted by molar-refractivity contribution is -0.146. The first-order valence-electron chi connectivity index (χ1n) is 12.9. The molecule has 196 valence electrons. The molecule has 1 spiro atoms. The van der Waals surface area contributed by atoms with Crippen LogP contribution in [-0.4, -0.2) is 58.1 Å².